The van der Waals surface area contributed by atoms with Gasteiger partial charge in [0.25, 0.3) is 0 Å². The third-order valence-electron chi connectivity index (χ3n) is 4.57. The quantitative estimate of drug-likeness (QED) is 0.495. The normalized spacial score (nSPS) is 14.9. The van der Waals surface area contributed by atoms with Crippen LogP contribution in [0.25, 0.3) is 10.9 Å². The van der Waals surface area contributed by atoms with Crippen LogP contribution in [0.2, 0.25) is 0 Å². The summed E-state index contributed by atoms with van der Waals surface area (Å²) >= 11 is 0. The van der Waals surface area contributed by atoms with E-state index in [1.807, 2.05) is 32.0 Å². The first-order valence-electron chi connectivity index (χ1n) is 8.51. The van der Waals surface area contributed by atoms with Crippen LogP contribution in [0, 0.1) is 10.1 Å². The van der Waals surface area contributed by atoms with Gasteiger partial charge in [-0.15, -0.1) is 0 Å². The Bertz CT molecular complexity index is 754. The molecule has 26 heavy (non-hydrogen) atoms. The van der Waals surface area contributed by atoms with E-state index in [0.29, 0.717) is 25.2 Å². The second-order valence-corrected chi connectivity index (χ2v) is 6.00. The van der Waals surface area contributed by atoms with Crippen LogP contribution >= 0.6 is 0 Å². The molecule has 0 aliphatic heterocycles. The number of carboxylic acids is 1. The predicted octanol–water partition coefficient (Wildman–Crippen LogP) is 2.94. The van der Waals surface area contributed by atoms with E-state index in [0.717, 1.165) is 16.5 Å². The minimum absolute atomic E-state index is 0.339. The lowest BCUT2D eigenvalue weighted by atomic mass is 9.84. The Kier molecular flexibility index (Phi) is 6.70. The number of carbonyl (C=O) groups is 1. The molecule has 0 amide bonds. The number of aliphatic carboxylic acids is 1. The molecule has 1 aromatic carbocycles. The maximum atomic E-state index is 11.7. The molecule has 3 unspecified atom stereocenters. The number of H-pyrrole nitrogens is 1. The maximum absolute atomic E-state index is 11.7. The molecule has 0 aliphatic carbocycles. The van der Waals surface area contributed by atoms with Gasteiger partial charge in [0, 0.05) is 35.7 Å². The molecule has 0 aliphatic rings. The summed E-state index contributed by atoms with van der Waals surface area (Å²) < 4.78 is 10.9. The monoisotopic (exact) mass is 364 g/mol. The van der Waals surface area contributed by atoms with Gasteiger partial charge in [0.15, 0.2) is 0 Å². The molecule has 142 valence electrons. The van der Waals surface area contributed by atoms with Crippen LogP contribution in [0.3, 0.4) is 0 Å². The minimum atomic E-state index is -1.81. The van der Waals surface area contributed by atoms with Crippen molar-refractivity contribution in [3.63, 3.8) is 0 Å². The zero-order valence-corrected chi connectivity index (χ0v) is 15.1. The first kappa shape index (κ1) is 19.9. The maximum Gasteiger partial charge on any atom is 0.380 e. The Morgan fingerprint density at radius 1 is 1.38 bits per heavy atom. The Morgan fingerprint density at radius 2 is 2.12 bits per heavy atom. The van der Waals surface area contributed by atoms with Crippen LogP contribution in [-0.2, 0) is 20.9 Å². The summed E-state index contributed by atoms with van der Waals surface area (Å²) in [7, 11) is 1.44. The molecule has 1 aromatic heterocycles. The second-order valence-electron chi connectivity index (χ2n) is 6.00. The average molecular weight is 364 g/mol. The molecule has 0 spiro atoms. The number of nitrogens with zero attached hydrogens (tertiary/aromatic N) is 1. The third-order valence-corrected chi connectivity index (χ3v) is 4.57. The number of hydrogen-bond donors (Lipinski definition) is 2. The van der Waals surface area contributed by atoms with Crippen LogP contribution in [0.4, 0.5) is 0 Å². The fourth-order valence-electron chi connectivity index (χ4n) is 3.40. The predicted molar refractivity (Wildman–Crippen MR) is 95.9 cm³/mol. The number of aromatic nitrogens is 1. The first-order valence-corrected chi connectivity index (χ1v) is 8.51. The van der Waals surface area contributed by atoms with Gasteiger partial charge in [-0.2, -0.15) is 0 Å². The lowest BCUT2D eigenvalue weighted by Gasteiger charge is -2.26. The number of nitro groups is 1. The van der Waals surface area contributed by atoms with Crippen molar-refractivity contribution in [3.8, 4) is 0 Å². The number of carboxylic acid groups (broad SMARTS) is 1. The molecule has 0 fully saturated rings. The van der Waals surface area contributed by atoms with Gasteiger partial charge in [0.1, 0.15) is 0 Å². The highest BCUT2D eigenvalue weighted by Gasteiger charge is 2.45. The van der Waals surface area contributed by atoms with E-state index in [1.165, 1.54) is 7.11 Å². The molecule has 0 bridgehead atoms. The molecule has 2 rings (SSSR count). The van der Waals surface area contributed by atoms with Crippen molar-refractivity contribution in [1.82, 2.24) is 4.98 Å². The van der Waals surface area contributed by atoms with E-state index in [4.69, 9.17) is 9.47 Å². The molecule has 2 aromatic rings. The number of fused-ring (bicyclic) bond motifs is 1. The lowest BCUT2D eigenvalue weighted by molar-refractivity contribution is -0.516. The van der Waals surface area contributed by atoms with Crippen molar-refractivity contribution < 1.29 is 24.3 Å². The van der Waals surface area contributed by atoms with Crippen LogP contribution in [-0.4, -0.2) is 46.8 Å². The zero-order valence-electron chi connectivity index (χ0n) is 15.1. The number of benzene rings is 1. The fraction of sp³-hybridized carbons (Fsp3) is 0.500. The summed E-state index contributed by atoms with van der Waals surface area (Å²) in [6.07, 6.45) is 1.48. The molecule has 8 heteroatoms. The highest BCUT2D eigenvalue weighted by molar-refractivity contribution is 5.88. The average Bonchev–Trinajstić information content (AvgIpc) is 3.03. The van der Waals surface area contributed by atoms with E-state index in [2.05, 4.69) is 4.98 Å². The molecule has 0 radical (unpaired) electrons. The van der Waals surface area contributed by atoms with Gasteiger partial charge in [-0.05, 0) is 30.5 Å². The molecule has 0 saturated heterocycles. The number of aromatic amines is 1. The molecule has 1 heterocycles. The van der Waals surface area contributed by atoms with Crippen molar-refractivity contribution in [1.29, 1.82) is 0 Å². The summed E-state index contributed by atoms with van der Waals surface area (Å²) in [6, 6.07) is 3.78. The van der Waals surface area contributed by atoms with Crippen molar-refractivity contribution in [2.75, 3.05) is 13.7 Å². The Morgan fingerprint density at radius 3 is 2.65 bits per heavy atom. The van der Waals surface area contributed by atoms with Gasteiger partial charge in [-0.1, -0.05) is 19.1 Å². The Hall–Kier alpha value is -2.45. The lowest BCUT2D eigenvalue weighted by Crippen LogP contribution is -2.41. The summed E-state index contributed by atoms with van der Waals surface area (Å²) in [4.78, 5) is 25.6. The number of hydrogen-bond acceptors (Lipinski definition) is 5. The summed E-state index contributed by atoms with van der Waals surface area (Å²) in [5.41, 5.74) is 2.19. The Labute approximate surface area is 151 Å². The van der Waals surface area contributed by atoms with Gasteiger partial charge in [0.05, 0.1) is 18.6 Å². The van der Waals surface area contributed by atoms with Crippen LogP contribution in [0.15, 0.2) is 24.4 Å². The van der Waals surface area contributed by atoms with Gasteiger partial charge in [-0.25, -0.2) is 4.79 Å². The third kappa shape index (κ3) is 3.86. The van der Waals surface area contributed by atoms with Crippen LogP contribution in [0.5, 0.6) is 0 Å². The van der Waals surface area contributed by atoms with Crippen molar-refractivity contribution in [2.24, 2.45) is 0 Å². The summed E-state index contributed by atoms with van der Waals surface area (Å²) in [5.74, 6) is -2.42. The number of nitrogens with one attached hydrogen (secondary N) is 1. The van der Waals surface area contributed by atoms with Crippen LogP contribution < -0.4 is 0 Å². The molecule has 0 saturated carbocycles. The summed E-state index contributed by atoms with van der Waals surface area (Å²) in [5, 5.41) is 21.8. The smallest absolute Gasteiger partial charge is 0.380 e. The van der Waals surface area contributed by atoms with E-state index >= 15 is 0 Å². The van der Waals surface area contributed by atoms with Crippen molar-refractivity contribution in [2.45, 2.75) is 44.9 Å². The van der Waals surface area contributed by atoms with Crippen molar-refractivity contribution in [3.05, 3.63) is 45.6 Å². The molecule has 3 atom stereocenters. The first-order chi connectivity index (χ1) is 12.5. The standard InChI is InChI=1S/C18H24N2O6/c1-4-14(25-3)16(17(18(21)22)20(23)24)12-9-19-13-8-6-7-11(15(12)13)10-26-5-2/h6-9,14,16-17,19H,4-5,10H2,1-3H3,(H,21,22). The zero-order chi connectivity index (χ0) is 19.3. The van der Waals surface area contributed by atoms with Gasteiger partial charge >= 0.3 is 12.0 Å². The molecule has 2 N–H and O–H groups in total. The van der Waals surface area contributed by atoms with E-state index in [9.17, 15) is 20.0 Å². The largest absolute Gasteiger partial charge is 0.476 e. The molecular formula is C18H24N2O6. The van der Waals surface area contributed by atoms with Crippen LogP contribution in [0.1, 0.15) is 37.3 Å². The highest BCUT2D eigenvalue weighted by Crippen LogP contribution is 2.36. The summed E-state index contributed by atoms with van der Waals surface area (Å²) in [6.45, 7) is 4.56. The van der Waals surface area contributed by atoms with E-state index in [-0.39, 0.29) is 0 Å². The minimum Gasteiger partial charge on any atom is -0.476 e. The Balaban J connectivity index is 2.68. The van der Waals surface area contributed by atoms with Gasteiger partial charge < -0.3 is 19.6 Å². The topological polar surface area (TPSA) is 115 Å². The molecule has 8 nitrogen and oxygen atoms in total. The fourth-order valence-corrected chi connectivity index (χ4v) is 3.40. The second kappa shape index (κ2) is 8.77. The molecular weight excluding hydrogens is 340 g/mol. The number of rotatable bonds is 10. The number of ether oxygens (including phenoxy) is 2. The van der Waals surface area contributed by atoms with Gasteiger partial charge in [-0.3, -0.25) is 10.1 Å². The van der Waals surface area contributed by atoms with Crippen molar-refractivity contribution >= 4 is 16.9 Å². The highest BCUT2D eigenvalue weighted by atomic mass is 16.6. The SMILES string of the molecule is CCOCc1cccc2[nH]cc(C(C(CC)OC)C(C(=O)O)[N+](=O)[O-])c12. The number of methoxy groups -OCH3 is 1. The van der Waals surface area contributed by atoms with E-state index < -0.39 is 29.0 Å². The van der Waals surface area contributed by atoms with E-state index in [1.54, 1.807) is 6.20 Å². The van der Waals surface area contributed by atoms with Gasteiger partial charge in [0.2, 0.25) is 0 Å².